The number of aliphatic hydroxyl groups excluding tert-OH is 1. The van der Waals surface area contributed by atoms with Crippen LogP contribution in [0.15, 0.2) is 12.2 Å². The Hall–Kier alpha value is -1.00. The third kappa shape index (κ3) is 3.35. The fraction of sp³-hybridized carbons (Fsp3) is 0.812. The third-order valence-corrected chi connectivity index (χ3v) is 7.22. The van der Waals surface area contributed by atoms with Crippen LogP contribution in [-0.2, 0) is 33.3 Å². The van der Waals surface area contributed by atoms with Gasteiger partial charge in [-0.25, -0.2) is 4.79 Å². The topological polar surface area (TPSA) is 108 Å². The lowest BCUT2D eigenvalue weighted by Gasteiger charge is -2.36. The second-order valence-corrected chi connectivity index (χ2v) is 8.93. The highest BCUT2D eigenvalue weighted by Gasteiger charge is 2.69. The number of rotatable bonds is 8. The first-order valence-electron chi connectivity index (χ1n) is 8.32. The van der Waals surface area contributed by atoms with Gasteiger partial charge in [0.2, 0.25) is 0 Å². The van der Waals surface area contributed by atoms with Crippen LogP contribution in [0.25, 0.3) is 0 Å². The minimum Gasteiger partial charge on any atom is -0.462 e. The van der Waals surface area contributed by atoms with Gasteiger partial charge in [-0.15, -0.1) is 0 Å². The minimum atomic E-state index is -3.48. The molecule has 142 valence electrons. The Balaban J connectivity index is 1.43. The van der Waals surface area contributed by atoms with Crippen LogP contribution in [0, 0.1) is 11.8 Å². The maximum atomic E-state index is 12.0. The van der Waals surface area contributed by atoms with Crippen molar-refractivity contribution in [3.8, 4) is 0 Å². The zero-order valence-corrected chi connectivity index (χ0v) is 15.2. The lowest BCUT2D eigenvalue weighted by atomic mass is 9.83. The Morgan fingerprint density at radius 3 is 2.80 bits per heavy atom. The fourth-order valence-corrected chi connectivity index (χ4v) is 6.05. The average molecular weight is 376 g/mol. The van der Waals surface area contributed by atoms with E-state index in [2.05, 4.69) is 6.58 Å². The number of fused-ring (bicyclic) bond motifs is 1. The molecule has 3 fully saturated rings. The largest absolute Gasteiger partial charge is 0.462 e. The van der Waals surface area contributed by atoms with Crippen LogP contribution in [0.3, 0.4) is 0 Å². The number of ether oxygens (including phenoxy) is 3. The molecule has 2 bridgehead atoms. The summed E-state index contributed by atoms with van der Waals surface area (Å²) in [5, 5.41) is 8.98. The number of carbonyl (C=O) groups excluding carboxylic acids is 1. The number of hydrogen-bond donors (Lipinski definition) is 1. The van der Waals surface area contributed by atoms with Gasteiger partial charge < -0.3 is 19.3 Å². The second kappa shape index (κ2) is 6.62. The van der Waals surface area contributed by atoms with Gasteiger partial charge >= 0.3 is 5.97 Å². The number of esters is 1. The van der Waals surface area contributed by atoms with Gasteiger partial charge in [0.15, 0.2) is 6.29 Å². The summed E-state index contributed by atoms with van der Waals surface area (Å²) in [4.78, 5) is 11.5. The summed E-state index contributed by atoms with van der Waals surface area (Å²) >= 11 is 0. The molecule has 0 spiro atoms. The van der Waals surface area contributed by atoms with Crippen molar-refractivity contribution in [2.24, 2.45) is 11.8 Å². The first-order valence-corrected chi connectivity index (χ1v) is 9.79. The van der Waals surface area contributed by atoms with Gasteiger partial charge in [0.1, 0.15) is 19.3 Å². The van der Waals surface area contributed by atoms with Gasteiger partial charge in [0, 0.05) is 5.92 Å². The molecule has 3 aliphatic rings. The molecule has 1 heterocycles. The maximum Gasteiger partial charge on any atom is 0.332 e. The standard InChI is InChI=1S/C16H24O8S/c1-9(2)15(18)22-8-13(17)21-4-5-23-16(3)10-6-11-12(7-10)25(19,20)24-14(11)16/h10-12,14-15,18H,1,4-8H2,2-3H3. The Morgan fingerprint density at radius 1 is 1.40 bits per heavy atom. The van der Waals surface area contributed by atoms with Crippen molar-refractivity contribution >= 4 is 16.1 Å². The van der Waals surface area contributed by atoms with Gasteiger partial charge in [-0.2, -0.15) is 8.42 Å². The molecule has 0 radical (unpaired) electrons. The highest BCUT2D eigenvalue weighted by Crippen LogP contribution is 2.60. The van der Waals surface area contributed by atoms with Crippen LogP contribution in [0.5, 0.6) is 0 Å². The first kappa shape index (κ1) is 18.8. The van der Waals surface area contributed by atoms with E-state index in [4.69, 9.17) is 18.4 Å². The molecule has 25 heavy (non-hydrogen) atoms. The molecule has 1 aliphatic heterocycles. The predicted molar refractivity (Wildman–Crippen MR) is 85.9 cm³/mol. The summed E-state index contributed by atoms with van der Waals surface area (Å²) in [7, 11) is -3.48. The third-order valence-electron chi connectivity index (χ3n) is 5.46. The molecule has 9 heteroatoms. The molecule has 1 N–H and O–H groups in total. The van der Waals surface area contributed by atoms with Crippen molar-refractivity contribution in [1.29, 1.82) is 0 Å². The Kier molecular flexibility index (Phi) is 4.97. The molecule has 6 unspecified atom stereocenters. The van der Waals surface area contributed by atoms with Crippen LogP contribution in [0.4, 0.5) is 0 Å². The first-order chi connectivity index (χ1) is 11.6. The molecule has 6 atom stereocenters. The van der Waals surface area contributed by atoms with E-state index in [9.17, 15) is 18.3 Å². The van der Waals surface area contributed by atoms with E-state index in [1.165, 1.54) is 0 Å². The van der Waals surface area contributed by atoms with Crippen LogP contribution in [0.1, 0.15) is 26.7 Å². The molecule has 2 saturated carbocycles. The molecule has 0 aromatic rings. The lowest BCUT2D eigenvalue weighted by molar-refractivity contribution is -0.165. The van der Waals surface area contributed by atoms with Crippen molar-refractivity contribution in [2.45, 2.75) is 49.9 Å². The van der Waals surface area contributed by atoms with E-state index in [0.717, 1.165) is 6.42 Å². The molecule has 8 nitrogen and oxygen atoms in total. The quantitative estimate of drug-likeness (QED) is 0.213. The van der Waals surface area contributed by atoms with Gasteiger partial charge in [0.05, 0.1) is 17.5 Å². The van der Waals surface area contributed by atoms with Crippen LogP contribution in [-0.4, -0.2) is 62.6 Å². The molecule has 0 amide bonds. The Labute approximate surface area is 147 Å². The van der Waals surface area contributed by atoms with Crippen LogP contribution < -0.4 is 0 Å². The molecular formula is C16H24O8S. The van der Waals surface area contributed by atoms with E-state index in [1.807, 2.05) is 6.92 Å². The minimum absolute atomic E-state index is 0.000388. The molecule has 2 aliphatic carbocycles. The summed E-state index contributed by atoms with van der Waals surface area (Å²) in [6.07, 6.45) is -0.304. The Bertz CT molecular complexity index is 659. The molecule has 0 aromatic carbocycles. The summed E-state index contributed by atoms with van der Waals surface area (Å²) < 4.78 is 45.0. The van der Waals surface area contributed by atoms with E-state index >= 15 is 0 Å². The number of aliphatic hydroxyl groups is 1. The highest BCUT2D eigenvalue weighted by atomic mass is 32.2. The zero-order valence-electron chi connectivity index (χ0n) is 14.3. The van der Waals surface area contributed by atoms with Crippen molar-refractivity contribution in [3.05, 3.63) is 12.2 Å². The van der Waals surface area contributed by atoms with Crippen molar-refractivity contribution in [1.82, 2.24) is 0 Å². The SMILES string of the molecule is C=C(C)C(O)OCC(=O)OCCOC1(C)C2CC3C1OS(=O)(=O)C3C2. The average Bonchev–Trinajstić information content (AvgIpc) is 3.14. The highest BCUT2D eigenvalue weighted by molar-refractivity contribution is 7.87. The van der Waals surface area contributed by atoms with Crippen molar-refractivity contribution < 1.29 is 36.7 Å². The molecule has 1 saturated heterocycles. The molecule has 0 aromatic heterocycles. The summed E-state index contributed by atoms with van der Waals surface area (Å²) in [6.45, 7) is 6.72. The molecular weight excluding hydrogens is 352 g/mol. The number of hydrogen-bond acceptors (Lipinski definition) is 8. The van der Waals surface area contributed by atoms with E-state index in [1.54, 1.807) is 6.92 Å². The van der Waals surface area contributed by atoms with Crippen molar-refractivity contribution in [2.75, 3.05) is 19.8 Å². The molecule has 3 rings (SSSR count). The van der Waals surface area contributed by atoms with Gasteiger partial charge in [0.25, 0.3) is 10.1 Å². The van der Waals surface area contributed by atoms with Crippen molar-refractivity contribution in [3.63, 3.8) is 0 Å². The van der Waals surface area contributed by atoms with E-state index < -0.39 is 39.3 Å². The normalized spacial score (nSPS) is 38.7. The van der Waals surface area contributed by atoms with E-state index in [0.29, 0.717) is 12.0 Å². The fourth-order valence-electron chi connectivity index (χ4n) is 4.14. The number of carbonyl (C=O) groups is 1. The second-order valence-electron chi connectivity index (χ2n) is 7.14. The summed E-state index contributed by atoms with van der Waals surface area (Å²) in [6, 6.07) is 0. The summed E-state index contributed by atoms with van der Waals surface area (Å²) in [5.41, 5.74) is -0.283. The van der Waals surface area contributed by atoms with Gasteiger partial charge in [-0.3, -0.25) is 4.18 Å². The monoisotopic (exact) mass is 376 g/mol. The zero-order chi connectivity index (χ0) is 18.4. The summed E-state index contributed by atoms with van der Waals surface area (Å²) in [5.74, 6) is -0.490. The predicted octanol–water partition coefficient (Wildman–Crippen LogP) is 0.353. The van der Waals surface area contributed by atoms with Crippen LogP contribution in [0.2, 0.25) is 0 Å². The van der Waals surface area contributed by atoms with Crippen LogP contribution >= 0.6 is 0 Å². The lowest BCUT2D eigenvalue weighted by Crippen LogP contribution is -2.47. The smallest absolute Gasteiger partial charge is 0.332 e. The Morgan fingerprint density at radius 2 is 2.12 bits per heavy atom. The van der Waals surface area contributed by atoms with Gasteiger partial charge in [-0.1, -0.05) is 6.58 Å². The maximum absolute atomic E-state index is 12.0. The van der Waals surface area contributed by atoms with E-state index in [-0.39, 0.29) is 31.7 Å². The van der Waals surface area contributed by atoms with Gasteiger partial charge in [-0.05, 0) is 38.2 Å².